The maximum atomic E-state index is 13.0. The Balaban J connectivity index is 1.77. The topological polar surface area (TPSA) is 86.7 Å². The van der Waals surface area contributed by atoms with Crippen LogP contribution in [0, 0.1) is 5.82 Å². The van der Waals surface area contributed by atoms with Crippen LogP contribution in [0.3, 0.4) is 0 Å². The molecule has 3 atom stereocenters. The van der Waals surface area contributed by atoms with Gasteiger partial charge in [0.05, 0.1) is 0 Å². The van der Waals surface area contributed by atoms with E-state index in [0.717, 1.165) is 19.3 Å². The van der Waals surface area contributed by atoms with Gasteiger partial charge in [0.1, 0.15) is 17.9 Å². The summed E-state index contributed by atoms with van der Waals surface area (Å²) >= 11 is 0. The summed E-state index contributed by atoms with van der Waals surface area (Å²) in [5, 5.41) is 12.1. The van der Waals surface area contributed by atoms with Gasteiger partial charge in [0, 0.05) is 11.6 Å². The van der Waals surface area contributed by atoms with Gasteiger partial charge in [-0.1, -0.05) is 12.8 Å². The third-order valence-electron chi connectivity index (χ3n) is 5.03. The molecule has 6 nitrogen and oxygen atoms in total. The SMILES string of the molecule is O=C(N[C@H]1CCCC[C@H]2CC[C@@H](C(=O)O)N2C1=O)c1ccc(F)cc1. The highest BCUT2D eigenvalue weighted by atomic mass is 19.1. The summed E-state index contributed by atoms with van der Waals surface area (Å²) in [7, 11) is 0. The molecule has 0 radical (unpaired) electrons. The second kappa shape index (κ2) is 7.21. The maximum Gasteiger partial charge on any atom is 0.326 e. The van der Waals surface area contributed by atoms with Crippen LogP contribution in [0.5, 0.6) is 0 Å². The van der Waals surface area contributed by atoms with E-state index in [1.54, 1.807) is 0 Å². The summed E-state index contributed by atoms with van der Waals surface area (Å²) in [5.41, 5.74) is 0.268. The molecule has 2 fully saturated rings. The highest BCUT2D eigenvalue weighted by molar-refractivity contribution is 5.98. The van der Waals surface area contributed by atoms with Crippen molar-refractivity contribution in [1.82, 2.24) is 10.2 Å². The minimum atomic E-state index is -1.000. The third-order valence-corrected chi connectivity index (χ3v) is 5.03. The molecule has 2 saturated heterocycles. The van der Waals surface area contributed by atoms with Gasteiger partial charge in [-0.3, -0.25) is 9.59 Å². The van der Waals surface area contributed by atoms with Crippen molar-refractivity contribution in [1.29, 1.82) is 0 Å². The summed E-state index contributed by atoms with van der Waals surface area (Å²) in [6, 6.07) is 3.45. The standard InChI is InChI=1S/C18H21FN2O4/c19-12-7-5-11(6-8-12)16(22)20-14-4-2-1-3-13-9-10-15(18(24)25)21(13)17(14)23/h5-8,13-15H,1-4,9-10H2,(H,20,22)(H,24,25)/t13-,14-,15-/m0/s1. The Morgan fingerprint density at radius 2 is 1.76 bits per heavy atom. The van der Waals surface area contributed by atoms with Gasteiger partial charge >= 0.3 is 5.97 Å². The minimum Gasteiger partial charge on any atom is -0.480 e. The Morgan fingerprint density at radius 1 is 1.08 bits per heavy atom. The fraction of sp³-hybridized carbons (Fsp3) is 0.500. The number of carbonyl (C=O) groups excluding carboxylic acids is 2. The van der Waals surface area contributed by atoms with Gasteiger partial charge in [0.2, 0.25) is 5.91 Å². The van der Waals surface area contributed by atoms with Crippen molar-refractivity contribution in [3.8, 4) is 0 Å². The summed E-state index contributed by atoms with van der Waals surface area (Å²) in [6.45, 7) is 0. The van der Waals surface area contributed by atoms with E-state index in [9.17, 15) is 23.9 Å². The average molecular weight is 348 g/mol. The lowest BCUT2D eigenvalue weighted by Crippen LogP contribution is -2.54. The molecule has 0 aliphatic carbocycles. The summed E-state index contributed by atoms with van der Waals surface area (Å²) in [5.74, 6) is -2.23. The molecule has 25 heavy (non-hydrogen) atoms. The molecule has 2 aliphatic rings. The smallest absolute Gasteiger partial charge is 0.326 e. The van der Waals surface area contributed by atoms with Crippen molar-refractivity contribution in [3.05, 3.63) is 35.6 Å². The zero-order valence-electron chi connectivity index (χ0n) is 13.8. The lowest BCUT2D eigenvalue weighted by Gasteiger charge is -2.34. The van der Waals surface area contributed by atoms with Gasteiger partial charge in [-0.15, -0.1) is 0 Å². The zero-order valence-corrected chi connectivity index (χ0v) is 13.8. The van der Waals surface area contributed by atoms with Gasteiger partial charge < -0.3 is 15.3 Å². The van der Waals surface area contributed by atoms with Crippen molar-refractivity contribution in [2.24, 2.45) is 0 Å². The maximum absolute atomic E-state index is 13.0. The van der Waals surface area contributed by atoms with Crippen LogP contribution in [-0.2, 0) is 9.59 Å². The number of carboxylic acids is 1. The van der Waals surface area contributed by atoms with Gasteiger partial charge in [-0.05, 0) is 49.9 Å². The monoisotopic (exact) mass is 348 g/mol. The first-order valence-corrected chi connectivity index (χ1v) is 8.59. The fourth-order valence-corrected chi connectivity index (χ4v) is 3.75. The van der Waals surface area contributed by atoms with Gasteiger partial charge in [-0.2, -0.15) is 0 Å². The number of aliphatic carboxylic acids is 1. The van der Waals surface area contributed by atoms with Crippen molar-refractivity contribution < 1.29 is 23.9 Å². The van der Waals surface area contributed by atoms with Gasteiger partial charge in [0.25, 0.3) is 5.91 Å². The largest absolute Gasteiger partial charge is 0.480 e. The lowest BCUT2D eigenvalue weighted by atomic mass is 9.98. The minimum absolute atomic E-state index is 0.0703. The fourth-order valence-electron chi connectivity index (χ4n) is 3.75. The Labute approximate surface area is 145 Å². The van der Waals surface area contributed by atoms with Gasteiger partial charge in [-0.25, -0.2) is 9.18 Å². The van der Waals surface area contributed by atoms with Crippen molar-refractivity contribution in [2.75, 3.05) is 0 Å². The van der Waals surface area contributed by atoms with E-state index in [-0.39, 0.29) is 17.5 Å². The van der Waals surface area contributed by atoms with E-state index >= 15 is 0 Å². The van der Waals surface area contributed by atoms with Crippen LogP contribution in [0.1, 0.15) is 48.9 Å². The highest BCUT2D eigenvalue weighted by Gasteiger charge is 2.43. The second-order valence-electron chi connectivity index (χ2n) is 6.65. The van der Waals surface area contributed by atoms with Crippen molar-refractivity contribution in [3.63, 3.8) is 0 Å². The number of fused-ring (bicyclic) bond motifs is 1. The lowest BCUT2D eigenvalue weighted by molar-refractivity contribution is -0.151. The predicted molar refractivity (Wildman–Crippen MR) is 87.4 cm³/mol. The molecule has 0 spiro atoms. The number of benzene rings is 1. The van der Waals surface area contributed by atoms with Crippen LogP contribution < -0.4 is 5.32 Å². The van der Waals surface area contributed by atoms with Crippen LogP contribution in [0.15, 0.2) is 24.3 Å². The van der Waals surface area contributed by atoms with E-state index in [1.165, 1.54) is 29.2 Å². The van der Waals surface area contributed by atoms with E-state index in [0.29, 0.717) is 19.3 Å². The normalized spacial score (nSPS) is 26.5. The van der Waals surface area contributed by atoms with Crippen molar-refractivity contribution >= 4 is 17.8 Å². The highest BCUT2D eigenvalue weighted by Crippen LogP contribution is 2.31. The molecular weight excluding hydrogens is 327 g/mol. The Hall–Kier alpha value is -2.44. The first kappa shape index (κ1) is 17.4. The number of carbonyl (C=O) groups is 3. The zero-order chi connectivity index (χ0) is 18.0. The second-order valence-corrected chi connectivity index (χ2v) is 6.65. The Bertz CT molecular complexity index is 676. The van der Waals surface area contributed by atoms with Crippen LogP contribution in [0.2, 0.25) is 0 Å². The first-order chi connectivity index (χ1) is 12.0. The van der Waals surface area contributed by atoms with E-state index < -0.39 is 29.8 Å². The summed E-state index contributed by atoms with van der Waals surface area (Å²) in [6.07, 6.45) is 4.09. The Kier molecular flexibility index (Phi) is 5.01. The molecule has 2 aliphatic heterocycles. The number of carboxylic acid groups (broad SMARTS) is 1. The number of amides is 2. The number of hydrogen-bond acceptors (Lipinski definition) is 3. The number of halogens is 1. The third kappa shape index (κ3) is 3.65. The number of nitrogens with zero attached hydrogens (tertiary/aromatic N) is 1. The first-order valence-electron chi connectivity index (χ1n) is 8.59. The summed E-state index contributed by atoms with van der Waals surface area (Å²) < 4.78 is 13.0. The van der Waals surface area contributed by atoms with E-state index in [1.807, 2.05) is 0 Å². The number of rotatable bonds is 3. The number of nitrogens with one attached hydrogen (secondary N) is 1. The molecule has 2 heterocycles. The quantitative estimate of drug-likeness (QED) is 0.874. The Morgan fingerprint density at radius 3 is 2.44 bits per heavy atom. The molecule has 2 N–H and O–H groups in total. The van der Waals surface area contributed by atoms with Gasteiger partial charge in [0.15, 0.2) is 0 Å². The molecule has 134 valence electrons. The molecule has 0 saturated carbocycles. The van der Waals surface area contributed by atoms with Crippen LogP contribution in [-0.4, -0.2) is 45.9 Å². The van der Waals surface area contributed by atoms with E-state index in [2.05, 4.69) is 5.32 Å². The van der Waals surface area contributed by atoms with E-state index in [4.69, 9.17) is 0 Å². The molecule has 1 aromatic rings. The van der Waals surface area contributed by atoms with Crippen LogP contribution in [0.4, 0.5) is 4.39 Å². The molecular formula is C18H21FN2O4. The van der Waals surface area contributed by atoms with Crippen LogP contribution in [0.25, 0.3) is 0 Å². The van der Waals surface area contributed by atoms with Crippen LogP contribution >= 0.6 is 0 Å². The molecule has 0 bridgehead atoms. The predicted octanol–water partition coefficient (Wildman–Crippen LogP) is 1.94. The molecule has 3 rings (SSSR count). The average Bonchev–Trinajstić information content (AvgIpc) is 2.99. The molecule has 0 unspecified atom stereocenters. The molecule has 7 heteroatoms. The summed E-state index contributed by atoms with van der Waals surface area (Å²) in [4.78, 5) is 38.2. The van der Waals surface area contributed by atoms with Crippen molar-refractivity contribution in [2.45, 2.75) is 56.7 Å². The molecule has 1 aromatic carbocycles. The molecule has 0 aromatic heterocycles. The number of hydrogen-bond donors (Lipinski definition) is 2. The molecule has 2 amide bonds.